The van der Waals surface area contributed by atoms with E-state index >= 15 is 0 Å². The van der Waals surface area contributed by atoms with Crippen LogP contribution >= 0.6 is 12.4 Å². The fourth-order valence-electron chi connectivity index (χ4n) is 4.60. The summed E-state index contributed by atoms with van der Waals surface area (Å²) in [4.78, 5) is 21.5. The highest BCUT2D eigenvalue weighted by Crippen LogP contribution is 2.32. The van der Waals surface area contributed by atoms with Crippen LogP contribution in [-0.2, 0) is 4.79 Å². The molecule has 0 spiro atoms. The number of nitrogen functional groups attached to an aromatic ring is 1. The lowest BCUT2D eigenvalue weighted by atomic mass is 9.91. The van der Waals surface area contributed by atoms with Gasteiger partial charge in [-0.2, -0.15) is 5.10 Å². The number of para-hydroxylation sites is 1. The number of anilines is 1. The third-order valence-corrected chi connectivity index (χ3v) is 6.74. The molecule has 9 nitrogen and oxygen atoms in total. The topological polar surface area (TPSA) is 134 Å². The Labute approximate surface area is 222 Å². The summed E-state index contributed by atoms with van der Waals surface area (Å²) in [5.74, 6) is 2.38. The number of ether oxygens (including phenoxy) is 1. The number of aromatic nitrogens is 4. The van der Waals surface area contributed by atoms with Gasteiger partial charge in [0.25, 0.3) is 0 Å². The maximum Gasteiger partial charge on any atom is 0.237 e. The molecule has 0 unspecified atom stereocenters. The van der Waals surface area contributed by atoms with Gasteiger partial charge in [0.15, 0.2) is 11.5 Å². The van der Waals surface area contributed by atoms with E-state index in [-0.39, 0.29) is 30.4 Å². The van der Waals surface area contributed by atoms with Crippen LogP contribution in [-0.4, -0.2) is 37.7 Å². The Morgan fingerprint density at radius 1 is 1.05 bits per heavy atom. The summed E-state index contributed by atoms with van der Waals surface area (Å²) < 4.78 is 7.85. The van der Waals surface area contributed by atoms with Crippen LogP contribution in [0.15, 0.2) is 60.8 Å². The van der Waals surface area contributed by atoms with Crippen LogP contribution in [0.2, 0.25) is 0 Å². The number of nitrogens with one attached hydrogen (secondary N) is 1. The zero-order valence-corrected chi connectivity index (χ0v) is 21.5. The fourth-order valence-corrected chi connectivity index (χ4v) is 4.60. The van der Waals surface area contributed by atoms with Gasteiger partial charge in [0.1, 0.15) is 17.3 Å². The fraction of sp³-hybridized carbons (Fsp3) is 0.333. The summed E-state index contributed by atoms with van der Waals surface area (Å²) >= 11 is 0. The Balaban J connectivity index is 0.00000320. The molecule has 1 atom stereocenters. The van der Waals surface area contributed by atoms with Gasteiger partial charge in [0.05, 0.1) is 23.7 Å². The van der Waals surface area contributed by atoms with Crippen molar-refractivity contribution >= 4 is 35.2 Å². The summed E-state index contributed by atoms with van der Waals surface area (Å²) in [5.41, 5.74) is 13.7. The first kappa shape index (κ1) is 26.4. The van der Waals surface area contributed by atoms with Crippen molar-refractivity contribution in [2.75, 3.05) is 5.73 Å². The predicted molar refractivity (Wildman–Crippen MR) is 147 cm³/mol. The third kappa shape index (κ3) is 5.84. The van der Waals surface area contributed by atoms with E-state index in [9.17, 15) is 4.79 Å². The number of fused-ring (bicyclic) bond motifs is 1. The van der Waals surface area contributed by atoms with Gasteiger partial charge >= 0.3 is 0 Å². The van der Waals surface area contributed by atoms with Crippen molar-refractivity contribution in [1.82, 2.24) is 25.1 Å². The second-order valence-electron chi connectivity index (χ2n) is 9.23. The molecule has 0 bridgehead atoms. The van der Waals surface area contributed by atoms with Crippen LogP contribution in [0.25, 0.3) is 22.4 Å². The van der Waals surface area contributed by atoms with E-state index in [1.165, 1.54) is 0 Å². The molecule has 1 fully saturated rings. The highest BCUT2D eigenvalue weighted by atomic mass is 35.5. The number of hydrogen-bond donors (Lipinski definition) is 3. The molecule has 0 aliphatic heterocycles. The maximum absolute atomic E-state index is 12.2. The van der Waals surface area contributed by atoms with Crippen molar-refractivity contribution in [1.29, 1.82) is 0 Å². The summed E-state index contributed by atoms with van der Waals surface area (Å²) in [6, 6.07) is 17.1. The molecular weight excluding hydrogens is 490 g/mol. The Morgan fingerprint density at radius 2 is 1.73 bits per heavy atom. The third-order valence-electron chi connectivity index (χ3n) is 6.74. The number of nitrogens with two attached hydrogens (primary N) is 2. The number of benzene rings is 2. The van der Waals surface area contributed by atoms with Gasteiger partial charge in [0, 0.05) is 11.6 Å². The largest absolute Gasteiger partial charge is 0.457 e. The molecule has 194 valence electrons. The van der Waals surface area contributed by atoms with Crippen molar-refractivity contribution in [3.8, 4) is 22.9 Å². The first-order chi connectivity index (χ1) is 17.5. The summed E-state index contributed by atoms with van der Waals surface area (Å²) in [7, 11) is 0. The zero-order chi connectivity index (χ0) is 25.1. The van der Waals surface area contributed by atoms with Gasteiger partial charge in [-0.05, 0) is 68.5 Å². The molecule has 1 saturated carbocycles. The van der Waals surface area contributed by atoms with Crippen molar-refractivity contribution in [2.24, 2.45) is 5.73 Å². The Morgan fingerprint density at radius 3 is 2.41 bits per heavy atom. The van der Waals surface area contributed by atoms with Crippen LogP contribution in [0.5, 0.6) is 11.5 Å². The molecule has 2 heterocycles. The highest BCUT2D eigenvalue weighted by Gasteiger charge is 2.27. The lowest BCUT2D eigenvalue weighted by Gasteiger charge is -2.30. The average molecular weight is 522 g/mol. The molecule has 5 rings (SSSR count). The van der Waals surface area contributed by atoms with E-state index in [0.717, 1.165) is 53.8 Å². The number of carbonyl (C=O) groups is 1. The van der Waals surface area contributed by atoms with E-state index in [0.29, 0.717) is 18.1 Å². The van der Waals surface area contributed by atoms with Crippen molar-refractivity contribution in [2.45, 2.75) is 57.2 Å². The number of halogens is 1. The highest BCUT2D eigenvalue weighted by molar-refractivity contribution is 5.87. The zero-order valence-electron chi connectivity index (χ0n) is 20.7. The van der Waals surface area contributed by atoms with Crippen LogP contribution in [0, 0.1) is 0 Å². The normalized spacial score (nSPS) is 18.1. The standard InChI is InChI=1S/C27H31N7O2.ClH/c1-2-23(28)27(35)31-18-10-12-19(13-11-18)34-26-22(16-30-34)24(29)32-25(33-26)17-8-14-21(15-9-17)36-20-6-4-3-5-7-20;/h3-9,14-16,18-19,23H,2,10-13,28H2,1H3,(H,31,35)(H2,29,32,33);1H/t18?,19?,23-;/m0./s1. The van der Waals surface area contributed by atoms with Crippen molar-refractivity contribution in [3.63, 3.8) is 0 Å². The number of rotatable bonds is 7. The Hall–Kier alpha value is -3.69. The van der Waals surface area contributed by atoms with Gasteiger partial charge in [-0.1, -0.05) is 25.1 Å². The number of carbonyl (C=O) groups excluding carboxylic acids is 1. The molecule has 1 amide bonds. The minimum Gasteiger partial charge on any atom is -0.457 e. The number of amides is 1. The first-order valence-corrected chi connectivity index (χ1v) is 12.4. The van der Waals surface area contributed by atoms with Gasteiger partial charge in [-0.3, -0.25) is 4.79 Å². The van der Waals surface area contributed by atoms with Crippen molar-refractivity contribution in [3.05, 3.63) is 60.8 Å². The minimum atomic E-state index is -0.449. The SMILES string of the molecule is CC[C@H](N)C(=O)NC1CCC(n2ncc3c(N)nc(-c4ccc(Oc5ccccc5)cc4)nc32)CC1.Cl. The van der Waals surface area contributed by atoms with Crippen LogP contribution < -0.4 is 21.5 Å². The molecule has 1 aliphatic rings. The molecule has 2 aromatic carbocycles. The Bertz CT molecular complexity index is 1340. The Kier molecular flexibility index (Phi) is 8.25. The molecule has 37 heavy (non-hydrogen) atoms. The molecule has 0 radical (unpaired) electrons. The lowest BCUT2D eigenvalue weighted by Crippen LogP contribution is -2.46. The first-order valence-electron chi connectivity index (χ1n) is 12.4. The lowest BCUT2D eigenvalue weighted by molar-refractivity contribution is -0.123. The van der Waals surface area contributed by atoms with Crippen molar-refractivity contribution < 1.29 is 9.53 Å². The van der Waals surface area contributed by atoms with E-state index in [2.05, 4.69) is 15.4 Å². The summed E-state index contributed by atoms with van der Waals surface area (Å²) in [5, 5.41) is 8.44. The van der Waals surface area contributed by atoms with Gasteiger partial charge in [-0.25, -0.2) is 14.6 Å². The maximum atomic E-state index is 12.2. The summed E-state index contributed by atoms with van der Waals surface area (Å²) in [6.07, 6.45) is 5.86. The van der Waals surface area contributed by atoms with E-state index in [1.807, 2.05) is 66.2 Å². The van der Waals surface area contributed by atoms with E-state index in [4.69, 9.17) is 21.2 Å². The summed E-state index contributed by atoms with van der Waals surface area (Å²) in [6.45, 7) is 1.92. The molecule has 2 aromatic heterocycles. The second-order valence-corrected chi connectivity index (χ2v) is 9.23. The smallest absolute Gasteiger partial charge is 0.237 e. The van der Waals surface area contributed by atoms with Crippen LogP contribution in [0.4, 0.5) is 5.82 Å². The second kappa shape index (κ2) is 11.6. The monoisotopic (exact) mass is 521 g/mol. The minimum absolute atomic E-state index is 0. The van der Waals surface area contributed by atoms with Gasteiger partial charge in [0.2, 0.25) is 5.91 Å². The van der Waals surface area contributed by atoms with E-state index < -0.39 is 6.04 Å². The van der Waals surface area contributed by atoms with Crippen LogP contribution in [0.3, 0.4) is 0 Å². The van der Waals surface area contributed by atoms with Gasteiger partial charge < -0.3 is 21.5 Å². The number of hydrogen-bond acceptors (Lipinski definition) is 7. The molecule has 4 aromatic rings. The number of nitrogens with zero attached hydrogens (tertiary/aromatic N) is 4. The van der Waals surface area contributed by atoms with Crippen LogP contribution in [0.1, 0.15) is 45.1 Å². The quantitative estimate of drug-likeness (QED) is 0.323. The molecular formula is C27H32ClN7O2. The van der Waals surface area contributed by atoms with E-state index in [1.54, 1.807) is 6.20 Å². The molecule has 10 heteroatoms. The van der Waals surface area contributed by atoms with Gasteiger partial charge in [-0.15, -0.1) is 12.4 Å². The molecule has 5 N–H and O–H groups in total. The molecule has 1 aliphatic carbocycles. The average Bonchev–Trinajstić information content (AvgIpc) is 3.34. The predicted octanol–water partition coefficient (Wildman–Crippen LogP) is 4.63. The molecule has 0 saturated heterocycles.